The molecule has 2 amide bonds. The Balaban J connectivity index is 2.65. The van der Waals surface area contributed by atoms with Crippen LogP contribution >= 0.6 is 0 Å². The molecule has 0 saturated carbocycles. The fraction of sp³-hybridized carbons (Fsp3) is 0.333. The van der Waals surface area contributed by atoms with Crippen LogP contribution in [0, 0.1) is 11.8 Å². The van der Waals surface area contributed by atoms with Crippen LogP contribution in [0.1, 0.15) is 22.3 Å². The van der Waals surface area contributed by atoms with Crippen LogP contribution in [0.3, 0.4) is 0 Å². The van der Waals surface area contributed by atoms with Crippen molar-refractivity contribution in [1.29, 1.82) is 0 Å². The third-order valence-corrected chi connectivity index (χ3v) is 2.74. The molecule has 106 valence electrons. The van der Waals surface area contributed by atoms with Gasteiger partial charge in [-0.15, -0.1) is 0 Å². The van der Waals surface area contributed by atoms with E-state index < -0.39 is 0 Å². The second-order valence-corrected chi connectivity index (χ2v) is 4.19. The summed E-state index contributed by atoms with van der Waals surface area (Å²) in [7, 11) is 3.22. The molecule has 5 nitrogen and oxygen atoms in total. The lowest BCUT2D eigenvalue weighted by Gasteiger charge is -2.16. The minimum Gasteiger partial charge on any atom is -0.384 e. The van der Waals surface area contributed by atoms with Crippen molar-refractivity contribution in [2.45, 2.75) is 6.42 Å². The maximum atomic E-state index is 12.1. The van der Waals surface area contributed by atoms with Gasteiger partial charge in [-0.1, -0.05) is 11.8 Å². The zero-order valence-electron chi connectivity index (χ0n) is 11.6. The van der Waals surface area contributed by atoms with Gasteiger partial charge in [0.15, 0.2) is 0 Å². The van der Waals surface area contributed by atoms with Crippen molar-refractivity contribution in [3.05, 3.63) is 35.4 Å². The van der Waals surface area contributed by atoms with Crippen molar-refractivity contribution in [3.63, 3.8) is 0 Å². The van der Waals surface area contributed by atoms with Crippen LogP contribution in [0.2, 0.25) is 0 Å². The predicted octanol–water partition coefficient (Wildman–Crippen LogP) is 0.238. The first-order valence-corrected chi connectivity index (χ1v) is 6.24. The third kappa shape index (κ3) is 4.75. The molecule has 0 aliphatic heterocycles. The number of carbonyl (C=O) groups is 2. The van der Waals surface area contributed by atoms with Gasteiger partial charge in [0.1, 0.15) is 6.61 Å². The summed E-state index contributed by atoms with van der Waals surface area (Å²) >= 11 is 0. The lowest BCUT2D eigenvalue weighted by molar-refractivity contribution is -0.120. The average Bonchev–Trinajstić information content (AvgIpc) is 2.49. The molecule has 1 aromatic rings. The van der Waals surface area contributed by atoms with E-state index in [1.807, 2.05) is 0 Å². The summed E-state index contributed by atoms with van der Waals surface area (Å²) in [6.45, 7) is 0.174. The van der Waals surface area contributed by atoms with E-state index >= 15 is 0 Å². The largest absolute Gasteiger partial charge is 0.384 e. The van der Waals surface area contributed by atoms with Gasteiger partial charge in [-0.3, -0.25) is 9.59 Å². The highest BCUT2D eigenvalue weighted by Crippen LogP contribution is 2.06. The van der Waals surface area contributed by atoms with E-state index in [9.17, 15) is 9.59 Å². The van der Waals surface area contributed by atoms with Crippen LogP contribution in [-0.2, 0) is 4.79 Å². The number of aliphatic hydroxyl groups excluding tert-OH is 1. The number of aliphatic hydroxyl groups is 1. The van der Waals surface area contributed by atoms with Gasteiger partial charge in [-0.2, -0.15) is 0 Å². The number of nitrogens with zero attached hydrogens (tertiary/aromatic N) is 1. The summed E-state index contributed by atoms with van der Waals surface area (Å²) in [6, 6.07) is 6.81. The van der Waals surface area contributed by atoms with Gasteiger partial charge in [0.05, 0.1) is 0 Å². The van der Waals surface area contributed by atoms with Crippen molar-refractivity contribution < 1.29 is 14.7 Å². The van der Waals surface area contributed by atoms with E-state index in [2.05, 4.69) is 17.2 Å². The number of rotatable bonds is 4. The maximum Gasteiger partial charge on any atom is 0.253 e. The summed E-state index contributed by atoms with van der Waals surface area (Å²) in [5.74, 6) is 5.06. The lowest BCUT2D eigenvalue weighted by atomic mass is 10.1. The van der Waals surface area contributed by atoms with E-state index in [-0.39, 0.29) is 24.8 Å². The molecule has 2 N–H and O–H groups in total. The van der Waals surface area contributed by atoms with Gasteiger partial charge in [0, 0.05) is 38.2 Å². The highest BCUT2D eigenvalue weighted by Gasteiger charge is 2.12. The first-order valence-electron chi connectivity index (χ1n) is 6.24. The second-order valence-electron chi connectivity index (χ2n) is 4.19. The Kier molecular flexibility index (Phi) is 6.27. The highest BCUT2D eigenvalue weighted by atomic mass is 16.2. The van der Waals surface area contributed by atoms with Crippen molar-refractivity contribution >= 4 is 11.8 Å². The Hall–Kier alpha value is -2.32. The van der Waals surface area contributed by atoms with Gasteiger partial charge in [0.25, 0.3) is 5.91 Å². The number of benzene rings is 1. The zero-order chi connectivity index (χ0) is 15.0. The molecule has 1 aromatic carbocycles. The standard InChI is InChI=1S/C15H18N2O3/c1-16-14(19)9-10-17(2)15(20)13-7-5-12(6-8-13)4-3-11-18/h5-8,18H,9-11H2,1-2H3,(H,16,19). The Bertz CT molecular complexity index is 526. The molecular weight excluding hydrogens is 256 g/mol. The summed E-state index contributed by atoms with van der Waals surface area (Å²) in [6.07, 6.45) is 0.277. The van der Waals surface area contributed by atoms with Gasteiger partial charge < -0.3 is 15.3 Å². The SMILES string of the molecule is CNC(=O)CCN(C)C(=O)c1ccc(C#CCO)cc1. The van der Waals surface area contributed by atoms with E-state index in [0.29, 0.717) is 12.1 Å². The molecule has 0 radical (unpaired) electrons. The van der Waals surface area contributed by atoms with Crippen LogP contribution in [0.5, 0.6) is 0 Å². The van der Waals surface area contributed by atoms with Crippen LogP contribution in [-0.4, -0.2) is 49.1 Å². The molecule has 0 unspecified atom stereocenters. The molecule has 0 heterocycles. The Morgan fingerprint density at radius 2 is 1.95 bits per heavy atom. The van der Waals surface area contributed by atoms with Gasteiger partial charge in [-0.25, -0.2) is 0 Å². The zero-order valence-corrected chi connectivity index (χ0v) is 11.6. The molecule has 0 spiro atoms. The molecule has 1 rings (SSSR count). The Morgan fingerprint density at radius 1 is 1.30 bits per heavy atom. The normalized spacial score (nSPS) is 9.35. The maximum absolute atomic E-state index is 12.1. The van der Waals surface area contributed by atoms with E-state index in [0.717, 1.165) is 5.56 Å². The minimum absolute atomic E-state index is 0.0979. The van der Waals surface area contributed by atoms with E-state index in [1.165, 1.54) is 4.90 Å². The van der Waals surface area contributed by atoms with Crippen LogP contribution < -0.4 is 5.32 Å². The minimum atomic E-state index is -0.192. The molecule has 0 saturated heterocycles. The number of carbonyl (C=O) groups excluding carboxylic acids is 2. The predicted molar refractivity (Wildman–Crippen MR) is 76.1 cm³/mol. The van der Waals surface area contributed by atoms with E-state index in [1.54, 1.807) is 38.4 Å². The molecule has 0 fully saturated rings. The van der Waals surface area contributed by atoms with Gasteiger partial charge in [0.2, 0.25) is 5.91 Å². The number of amides is 2. The van der Waals surface area contributed by atoms with Crippen molar-refractivity contribution in [3.8, 4) is 11.8 Å². The molecule has 0 aromatic heterocycles. The summed E-state index contributed by atoms with van der Waals surface area (Å²) < 4.78 is 0. The quantitative estimate of drug-likeness (QED) is 0.773. The van der Waals surface area contributed by atoms with Gasteiger partial charge in [-0.05, 0) is 24.3 Å². The monoisotopic (exact) mass is 274 g/mol. The smallest absolute Gasteiger partial charge is 0.253 e. The first-order chi connectivity index (χ1) is 9.58. The fourth-order valence-corrected chi connectivity index (χ4v) is 1.55. The summed E-state index contributed by atoms with van der Waals surface area (Å²) in [5, 5.41) is 11.1. The number of nitrogens with one attached hydrogen (secondary N) is 1. The summed E-state index contributed by atoms with van der Waals surface area (Å²) in [5.41, 5.74) is 1.28. The molecule has 20 heavy (non-hydrogen) atoms. The fourth-order valence-electron chi connectivity index (χ4n) is 1.55. The van der Waals surface area contributed by atoms with Gasteiger partial charge >= 0.3 is 0 Å². The first kappa shape index (κ1) is 15.7. The van der Waals surface area contributed by atoms with Crippen molar-refractivity contribution in [2.24, 2.45) is 0 Å². The molecule has 0 bridgehead atoms. The van der Waals surface area contributed by atoms with Crippen LogP contribution in [0.4, 0.5) is 0 Å². The Labute approximate surface area is 118 Å². The molecular formula is C15H18N2O3. The average molecular weight is 274 g/mol. The van der Waals surface area contributed by atoms with Crippen molar-refractivity contribution in [2.75, 3.05) is 27.2 Å². The molecule has 5 heteroatoms. The lowest BCUT2D eigenvalue weighted by Crippen LogP contribution is -2.31. The molecule has 0 atom stereocenters. The van der Waals surface area contributed by atoms with Crippen LogP contribution in [0.25, 0.3) is 0 Å². The number of hydrogen-bond donors (Lipinski definition) is 2. The number of hydrogen-bond acceptors (Lipinski definition) is 3. The topological polar surface area (TPSA) is 69.6 Å². The third-order valence-electron chi connectivity index (χ3n) is 2.74. The van der Waals surface area contributed by atoms with Crippen molar-refractivity contribution in [1.82, 2.24) is 10.2 Å². The van der Waals surface area contributed by atoms with E-state index in [4.69, 9.17) is 5.11 Å². The highest BCUT2D eigenvalue weighted by molar-refractivity contribution is 5.94. The summed E-state index contributed by atoms with van der Waals surface area (Å²) in [4.78, 5) is 24.7. The second kappa shape index (κ2) is 7.97. The molecule has 0 aliphatic rings. The Morgan fingerprint density at radius 3 is 2.50 bits per heavy atom. The molecule has 0 aliphatic carbocycles. The van der Waals surface area contributed by atoms with Crippen LogP contribution in [0.15, 0.2) is 24.3 Å².